The van der Waals surface area contributed by atoms with Crippen LogP contribution in [0.3, 0.4) is 0 Å². The molecule has 0 saturated carbocycles. The Balaban J connectivity index is 1.70. The number of aldehydes is 1. The Morgan fingerprint density at radius 3 is 2.36 bits per heavy atom. The van der Waals surface area contributed by atoms with Gasteiger partial charge in [-0.3, -0.25) is 14.5 Å². The largest absolute Gasteiger partial charge is 0.493 e. The fourth-order valence-electron chi connectivity index (χ4n) is 2.79. The molecule has 0 bridgehead atoms. The predicted molar refractivity (Wildman–Crippen MR) is 115 cm³/mol. The second kappa shape index (κ2) is 9.03. The van der Waals surface area contributed by atoms with E-state index < -0.39 is 0 Å². The molecule has 144 valence electrons. The van der Waals surface area contributed by atoms with E-state index >= 15 is 0 Å². The lowest BCUT2D eigenvalue weighted by atomic mass is 10.1. The molecule has 28 heavy (non-hydrogen) atoms. The van der Waals surface area contributed by atoms with Crippen molar-refractivity contribution in [2.45, 2.75) is 6.42 Å². The van der Waals surface area contributed by atoms with Crippen LogP contribution in [0.15, 0.2) is 47.4 Å². The Labute approximate surface area is 173 Å². The summed E-state index contributed by atoms with van der Waals surface area (Å²) in [4.78, 5) is 25.7. The van der Waals surface area contributed by atoms with Crippen molar-refractivity contribution in [2.75, 3.05) is 20.8 Å². The Morgan fingerprint density at radius 1 is 1.04 bits per heavy atom. The summed E-state index contributed by atoms with van der Waals surface area (Å²) in [5, 5.41) is 0. The van der Waals surface area contributed by atoms with Gasteiger partial charge in [-0.15, -0.1) is 0 Å². The molecule has 0 unspecified atom stereocenters. The van der Waals surface area contributed by atoms with Crippen molar-refractivity contribution in [2.24, 2.45) is 0 Å². The van der Waals surface area contributed by atoms with Crippen molar-refractivity contribution in [1.82, 2.24) is 4.90 Å². The van der Waals surface area contributed by atoms with Gasteiger partial charge in [-0.25, -0.2) is 0 Å². The Bertz CT molecular complexity index is 938. The number of ether oxygens (including phenoxy) is 2. The van der Waals surface area contributed by atoms with E-state index in [1.807, 2.05) is 18.2 Å². The number of benzene rings is 2. The third-order valence-corrected chi connectivity index (χ3v) is 5.69. The van der Waals surface area contributed by atoms with Crippen molar-refractivity contribution >= 4 is 46.6 Å². The van der Waals surface area contributed by atoms with Crippen molar-refractivity contribution < 1.29 is 19.1 Å². The summed E-state index contributed by atoms with van der Waals surface area (Å²) < 4.78 is 11.1. The minimum Gasteiger partial charge on any atom is -0.493 e. The SMILES string of the molecule is COc1ccc(CCN2C(=O)/C(=C/c3ccc(C=O)cc3)SC2=S)cc1OC. The molecule has 1 saturated heterocycles. The molecule has 5 nitrogen and oxygen atoms in total. The molecule has 1 heterocycles. The molecule has 2 aromatic rings. The highest BCUT2D eigenvalue weighted by Gasteiger charge is 2.31. The van der Waals surface area contributed by atoms with E-state index in [0.717, 1.165) is 17.4 Å². The van der Waals surface area contributed by atoms with Crippen LogP contribution in [0.4, 0.5) is 0 Å². The second-order valence-electron chi connectivity index (χ2n) is 6.06. The minimum absolute atomic E-state index is 0.102. The molecule has 2 aromatic carbocycles. The lowest BCUT2D eigenvalue weighted by Crippen LogP contribution is -2.30. The zero-order valence-corrected chi connectivity index (χ0v) is 17.1. The number of hydrogen-bond donors (Lipinski definition) is 0. The number of rotatable bonds is 7. The smallest absolute Gasteiger partial charge is 0.266 e. The summed E-state index contributed by atoms with van der Waals surface area (Å²) in [6.07, 6.45) is 3.23. The van der Waals surface area contributed by atoms with Crippen LogP contribution >= 0.6 is 24.0 Å². The summed E-state index contributed by atoms with van der Waals surface area (Å²) in [6, 6.07) is 12.7. The van der Waals surface area contributed by atoms with E-state index in [1.165, 1.54) is 11.8 Å². The van der Waals surface area contributed by atoms with Crippen molar-refractivity contribution in [1.29, 1.82) is 0 Å². The monoisotopic (exact) mass is 413 g/mol. The number of hydrogen-bond acceptors (Lipinski definition) is 6. The summed E-state index contributed by atoms with van der Waals surface area (Å²) in [6.45, 7) is 0.488. The third kappa shape index (κ3) is 4.43. The first-order chi connectivity index (χ1) is 13.5. The van der Waals surface area contributed by atoms with E-state index in [0.29, 0.717) is 39.3 Å². The van der Waals surface area contributed by atoms with Crippen LogP contribution in [-0.2, 0) is 11.2 Å². The van der Waals surface area contributed by atoms with Gasteiger partial charge < -0.3 is 9.47 Å². The average Bonchev–Trinajstić information content (AvgIpc) is 2.99. The maximum Gasteiger partial charge on any atom is 0.266 e. The zero-order chi connectivity index (χ0) is 20.1. The van der Waals surface area contributed by atoms with Crippen molar-refractivity contribution in [3.8, 4) is 11.5 Å². The lowest BCUT2D eigenvalue weighted by Gasteiger charge is -2.15. The Morgan fingerprint density at radius 2 is 1.71 bits per heavy atom. The molecule has 0 spiro atoms. The molecule has 1 aliphatic heterocycles. The number of amides is 1. The molecular weight excluding hydrogens is 394 g/mol. The number of methoxy groups -OCH3 is 2. The van der Waals surface area contributed by atoms with Crippen LogP contribution in [-0.4, -0.2) is 42.2 Å². The summed E-state index contributed by atoms with van der Waals surface area (Å²) in [7, 11) is 3.19. The van der Waals surface area contributed by atoms with Crippen LogP contribution in [0.25, 0.3) is 6.08 Å². The van der Waals surface area contributed by atoms with Crippen molar-refractivity contribution in [3.63, 3.8) is 0 Å². The van der Waals surface area contributed by atoms with Crippen molar-refractivity contribution in [3.05, 3.63) is 64.1 Å². The quantitative estimate of drug-likeness (QED) is 0.389. The van der Waals surface area contributed by atoms with Crippen LogP contribution in [0.5, 0.6) is 11.5 Å². The number of carbonyl (C=O) groups excluding carboxylic acids is 2. The molecule has 0 radical (unpaired) electrons. The summed E-state index contributed by atoms with van der Waals surface area (Å²) in [5.41, 5.74) is 2.48. The maximum atomic E-state index is 12.7. The van der Waals surface area contributed by atoms with Gasteiger partial charge in [0.2, 0.25) is 0 Å². The van der Waals surface area contributed by atoms with Gasteiger partial charge in [-0.2, -0.15) is 0 Å². The molecule has 1 aliphatic rings. The predicted octanol–water partition coefficient (Wildman–Crippen LogP) is 3.96. The molecule has 0 aromatic heterocycles. The summed E-state index contributed by atoms with van der Waals surface area (Å²) >= 11 is 6.68. The van der Waals surface area contributed by atoms with Gasteiger partial charge in [0.25, 0.3) is 5.91 Å². The Hall–Kier alpha value is -2.64. The number of carbonyl (C=O) groups is 2. The number of nitrogens with zero attached hydrogens (tertiary/aromatic N) is 1. The molecule has 0 atom stereocenters. The first-order valence-electron chi connectivity index (χ1n) is 8.57. The van der Waals surface area contributed by atoms with Crippen LogP contribution in [0, 0.1) is 0 Å². The van der Waals surface area contributed by atoms with E-state index in [1.54, 1.807) is 49.5 Å². The number of thiocarbonyl (C=S) groups is 1. The van der Waals surface area contributed by atoms with Gasteiger partial charge in [0, 0.05) is 12.1 Å². The number of thioether (sulfide) groups is 1. The van der Waals surface area contributed by atoms with E-state index in [-0.39, 0.29) is 5.91 Å². The molecule has 0 N–H and O–H groups in total. The van der Waals surface area contributed by atoms with Gasteiger partial charge in [0.1, 0.15) is 10.6 Å². The minimum atomic E-state index is -0.102. The first-order valence-corrected chi connectivity index (χ1v) is 9.79. The van der Waals surface area contributed by atoms with Gasteiger partial charge in [-0.1, -0.05) is 54.3 Å². The second-order valence-corrected chi connectivity index (χ2v) is 7.73. The third-order valence-electron chi connectivity index (χ3n) is 4.32. The van der Waals surface area contributed by atoms with E-state index in [2.05, 4.69) is 0 Å². The highest BCUT2D eigenvalue weighted by Crippen LogP contribution is 2.33. The average molecular weight is 414 g/mol. The zero-order valence-electron chi connectivity index (χ0n) is 15.5. The fourth-order valence-corrected chi connectivity index (χ4v) is 4.10. The normalized spacial score (nSPS) is 15.2. The lowest BCUT2D eigenvalue weighted by molar-refractivity contribution is -0.122. The van der Waals surface area contributed by atoms with Gasteiger partial charge in [0.05, 0.1) is 19.1 Å². The van der Waals surface area contributed by atoms with Gasteiger partial charge in [0.15, 0.2) is 11.5 Å². The molecular formula is C21H19NO4S2. The van der Waals surface area contributed by atoms with Gasteiger partial charge in [-0.05, 0) is 35.8 Å². The van der Waals surface area contributed by atoms with Gasteiger partial charge >= 0.3 is 0 Å². The molecule has 3 rings (SSSR count). The molecule has 7 heteroatoms. The topological polar surface area (TPSA) is 55.8 Å². The fraction of sp³-hybridized carbons (Fsp3) is 0.190. The van der Waals surface area contributed by atoms with E-state index in [4.69, 9.17) is 21.7 Å². The molecule has 1 amide bonds. The highest BCUT2D eigenvalue weighted by atomic mass is 32.2. The summed E-state index contributed by atoms with van der Waals surface area (Å²) in [5.74, 6) is 1.22. The van der Waals surface area contributed by atoms with E-state index in [9.17, 15) is 9.59 Å². The molecule has 0 aliphatic carbocycles. The maximum absolute atomic E-state index is 12.7. The molecule has 1 fully saturated rings. The highest BCUT2D eigenvalue weighted by molar-refractivity contribution is 8.26. The van der Waals surface area contributed by atoms with Crippen LogP contribution in [0.2, 0.25) is 0 Å². The standard InChI is InChI=1S/C21H19NO4S2/c1-25-17-8-7-15(11-18(17)26-2)9-10-22-20(24)19(28-21(22)27)12-14-3-5-16(13-23)6-4-14/h3-8,11-13H,9-10H2,1-2H3/b19-12-. The van der Waals surface area contributed by atoms with Crippen LogP contribution < -0.4 is 9.47 Å². The first kappa shape index (κ1) is 20.1. The van der Waals surface area contributed by atoms with Crippen LogP contribution in [0.1, 0.15) is 21.5 Å². The Kier molecular flexibility index (Phi) is 6.49.